The van der Waals surface area contributed by atoms with E-state index in [2.05, 4.69) is 65.7 Å². The largest absolute Gasteiger partial charge is 0.412 e. The van der Waals surface area contributed by atoms with Gasteiger partial charge in [0.2, 0.25) is 14.2 Å². The van der Waals surface area contributed by atoms with Crippen molar-refractivity contribution in [3.05, 3.63) is 35.9 Å². The first-order chi connectivity index (χ1) is 15.6. The zero-order chi connectivity index (χ0) is 25.9. The van der Waals surface area contributed by atoms with Crippen LogP contribution in [-0.2, 0) is 19.0 Å². The first-order valence-corrected chi connectivity index (χ1v) is 17.4. The summed E-state index contributed by atoms with van der Waals surface area (Å²) >= 11 is 1.25. The van der Waals surface area contributed by atoms with Crippen LogP contribution in [0.15, 0.2) is 40.3 Å². The normalized spacial score (nSPS) is 17.5. The molecule has 1 aromatic heterocycles. The van der Waals surface area contributed by atoms with Crippen molar-refractivity contribution in [3.63, 3.8) is 0 Å². The molecule has 192 valence electrons. The maximum absolute atomic E-state index is 13.0. The number of sulfone groups is 1. The minimum absolute atomic E-state index is 0.0117. The Morgan fingerprint density at radius 3 is 2.35 bits per heavy atom. The molecule has 1 aromatic carbocycles. The lowest BCUT2D eigenvalue weighted by Crippen LogP contribution is -2.47. The van der Waals surface area contributed by atoms with Crippen molar-refractivity contribution < 1.29 is 17.6 Å². The van der Waals surface area contributed by atoms with Gasteiger partial charge >= 0.3 is 0 Å². The molecular formula is C26H43NO4S2Si. The minimum atomic E-state index is -3.42. The second-order valence-electron chi connectivity index (χ2n) is 11.2. The molecule has 0 aliphatic heterocycles. The molecular weight excluding hydrogens is 483 g/mol. The molecule has 0 bridgehead atoms. The molecule has 8 heteroatoms. The summed E-state index contributed by atoms with van der Waals surface area (Å²) in [7, 11) is -3.59. The maximum atomic E-state index is 13.0. The molecule has 0 spiro atoms. The van der Waals surface area contributed by atoms with E-state index in [1.165, 1.54) is 16.9 Å². The first-order valence-electron chi connectivity index (χ1n) is 12.0. The second-order valence-corrected chi connectivity index (χ2v) is 19.2. The van der Waals surface area contributed by atoms with Crippen LogP contribution in [-0.4, -0.2) is 46.8 Å². The molecule has 34 heavy (non-hydrogen) atoms. The highest BCUT2D eigenvalue weighted by Crippen LogP contribution is 2.38. The molecule has 0 aliphatic rings. The molecule has 2 aromatic rings. The number of fused-ring (bicyclic) bond motifs is 1. The summed E-state index contributed by atoms with van der Waals surface area (Å²) in [6.45, 7) is 19.5. The van der Waals surface area contributed by atoms with Gasteiger partial charge in [-0.1, -0.05) is 58.4 Å². The number of allylic oxidation sites excluding steroid dienone is 1. The van der Waals surface area contributed by atoms with Gasteiger partial charge in [-0.3, -0.25) is 0 Å². The average molecular weight is 526 g/mol. The van der Waals surface area contributed by atoms with Crippen molar-refractivity contribution in [1.82, 2.24) is 4.98 Å². The molecule has 5 nitrogen and oxygen atoms in total. The molecule has 0 N–H and O–H groups in total. The SMILES string of the molecule is CO[C@@H]([C@@H](C)/C=C(\C)C[C@H](C)CS(=O)(=O)c1nc2ccccc2s1)[C@@H](C)O[Si](C)(C)C(C)(C)C. The van der Waals surface area contributed by atoms with Crippen LogP contribution in [0.4, 0.5) is 0 Å². The summed E-state index contributed by atoms with van der Waals surface area (Å²) in [5.41, 5.74) is 1.91. The highest BCUT2D eigenvalue weighted by Gasteiger charge is 2.40. The van der Waals surface area contributed by atoms with Gasteiger partial charge in [-0.25, -0.2) is 13.4 Å². The lowest BCUT2D eigenvalue weighted by atomic mass is 9.95. The number of hydrogen-bond acceptors (Lipinski definition) is 6. The fourth-order valence-corrected chi connectivity index (χ4v) is 8.53. The van der Waals surface area contributed by atoms with Gasteiger partial charge in [0.15, 0.2) is 8.32 Å². The summed E-state index contributed by atoms with van der Waals surface area (Å²) in [6.07, 6.45) is 2.83. The van der Waals surface area contributed by atoms with Gasteiger partial charge in [-0.2, -0.15) is 0 Å². The van der Waals surface area contributed by atoms with Gasteiger partial charge in [-0.15, -0.1) is 11.3 Å². The molecule has 1 heterocycles. The number of benzene rings is 1. The zero-order valence-corrected chi connectivity index (χ0v) is 25.1. The van der Waals surface area contributed by atoms with Crippen molar-refractivity contribution >= 4 is 39.7 Å². The van der Waals surface area contributed by atoms with E-state index in [4.69, 9.17) is 9.16 Å². The Kier molecular flexibility index (Phi) is 9.72. The molecule has 0 fully saturated rings. The highest BCUT2D eigenvalue weighted by molar-refractivity contribution is 7.93. The summed E-state index contributed by atoms with van der Waals surface area (Å²) in [6, 6.07) is 7.54. The van der Waals surface area contributed by atoms with Crippen molar-refractivity contribution in [3.8, 4) is 0 Å². The molecule has 0 aliphatic carbocycles. The van der Waals surface area contributed by atoms with Crippen LogP contribution in [0.1, 0.15) is 54.9 Å². The summed E-state index contributed by atoms with van der Waals surface area (Å²) in [5, 5.41) is 0.138. The summed E-state index contributed by atoms with van der Waals surface area (Å²) < 4.78 is 39.5. The Morgan fingerprint density at radius 1 is 1.18 bits per heavy atom. The van der Waals surface area contributed by atoms with E-state index in [1.807, 2.05) is 31.2 Å². The van der Waals surface area contributed by atoms with Crippen molar-refractivity contribution in [2.45, 2.75) is 89.6 Å². The van der Waals surface area contributed by atoms with Crippen LogP contribution in [0.5, 0.6) is 0 Å². The predicted octanol–water partition coefficient (Wildman–Crippen LogP) is 7.10. The minimum Gasteiger partial charge on any atom is -0.412 e. The van der Waals surface area contributed by atoms with Crippen LogP contribution in [0, 0.1) is 11.8 Å². The number of thiazole rings is 1. The van der Waals surface area contributed by atoms with Gasteiger partial charge in [0.05, 0.1) is 28.2 Å². The summed E-state index contributed by atoms with van der Waals surface area (Å²) in [5.74, 6) is 0.227. The monoisotopic (exact) mass is 525 g/mol. The van der Waals surface area contributed by atoms with E-state index in [-0.39, 0.29) is 39.2 Å². The van der Waals surface area contributed by atoms with Crippen molar-refractivity contribution in [1.29, 1.82) is 0 Å². The third kappa shape index (κ3) is 7.47. The Bertz CT molecular complexity index is 1050. The van der Waals surface area contributed by atoms with Crippen LogP contribution in [0.2, 0.25) is 18.1 Å². The van der Waals surface area contributed by atoms with Crippen molar-refractivity contribution in [2.75, 3.05) is 12.9 Å². The van der Waals surface area contributed by atoms with E-state index in [9.17, 15) is 8.42 Å². The molecule has 4 atom stereocenters. The lowest BCUT2D eigenvalue weighted by molar-refractivity contribution is -0.0162. The predicted molar refractivity (Wildman–Crippen MR) is 147 cm³/mol. The lowest BCUT2D eigenvalue weighted by Gasteiger charge is -2.41. The van der Waals surface area contributed by atoms with E-state index < -0.39 is 18.2 Å². The fraction of sp³-hybridized carbons (Fsp3) is 0.654. The van der Waals surface area contributed by atoms with E-state index >= 15 is 0 Å². The number of ether oxygens (including phenoxy) is 1. The number of hydrogen-bond donors (Lipinski definition) is 0. The van der Waals surface area contributed by atoms with Gasteiger partial charge in [0.25, 0.3) is 0 Å². The van der Waals surface area contributed by atoms with Gasteiger partial charge in [-0.05, 0) is 56.5 Å². The smallest absolute Gasteiger partial charge is 0.210 e. The fourth-order valence-electron chi connectivity index (χ4n) is 4.19. The highest BCUT2D eigenvalue weighted by atomic mass is 32.2. The van der Waals surface area contributed by atoms with Crippen LogP contribution in [0.25, 0.3) is 10.2 Å². The number of nitrogens with zero attached hydrogens (tertiary/aromatic N) is 1. The Labute approximate surface area is 212 Å². The van der Waals surface area contributed by atoms with E-state index in [0.717, 1.165) is 10.2 Å². The molecule has 2 rings (SSSR count). The Hall–Kier alpha value is -1.06. The molecule has 0 radical (unpaired) electrons. The quantitative estimate of drug-likeness (QED) is 0.231. The van der Waals surface area contributed by atoms with Gasteiger partial charge in [0.1, 0.15) is 0 Å². The maximum Gasteiger partial charge on any atom is 0.210 e. The summed E-state index contributed by atoms with van der Waals surface area (Å²) in [4.78, 5) is 4.35. The van der Waals surface area contributed by atoms with E-state index in [1.54, 1.807) is 7.11 Å². The number of methoxy groups -OCH3 is 1. The number of para-hydroxylation sites is 1. The Balaban J connectivity index is 2.04. The second kappa shape index (κ2) is 11.3. The Morgan fingerprint density at radius 2 is 1.79 bits per heavy atom. The van der Waals surface area contributed by atoms with E-state index in [0.29, 0.717) is 6.42 Å². The molecule has 0 amide bonds. The topological polar surface area (TPSA) is 65.5 Å². The van der Waals surface area contributed by atoms with Crippen LogP contribution in [0.3, 0.4) is 0 Å². The van der Waals surface area contributed by atoms with Gasteiger partial charge in [0, 0.05) is 13.0 Å². The van der Waals surface area contributed by atoms with Gasteiger partial charge < -0.3 is 9.16 Å². The third-order valence-electron chi connectivity index (χ3n) is 6.80. The van der Waals surface area contributed by atoms with Crippen molar-refractivity contribution in [2.24, 2.45) is 11.8 Å². The third-order valence-corrected chi connectivity index (χ3v) is 14.8. The molecule has 0 saturated carbocycles. The zero-order valence-electron chi connectivity index (χ0n) is 22.5. The average Bonchev–Trinajstić information content (AvgIpc) is 3.11. The molecule has 0 saturated heterocycles. The molecule has 0 unspecified atom stereocenters. The first kappa shape index (κ1) is 29.2. The van der Waals surface area contributed by atoms with Crippen LogP contribution >= 0.6 is 11.3 Å². The number of rotatable bonds is 11. The number of aromatic nitrogens is 1. The standard InChI is InChI=1S/C26H43NO4S2Si/c1-18(16-20(3)24(30-8)21(4)31-34(9,10)26(5,6)7)15-19(2)17-33(28,29)25-27-22-13-11-12-14-23(22)32-25/h11-14,16,19-21,24H,15,17H2,1-10H3/b18-16+/t19-,20-,21+,24-/m0/s1. The van der Waals surface area contributed by atoms with Crippen LogP contribution < -0.4 is 0 Å².